The van der Waals surface area contributed by atoms with E-state index in [1.807, 2.05) is 0 Å². The van der Waals surface area contributed by atoms with Crippen LogP contribution in [-0.2, 0) is 5.41 Å². The van der Waals surface area contributed by atoms with Gasteiger partial charge in [-0.1, -0.05) is 117 Å². The Balaban J connectivity index is 1.03. The summed E-state index contributed by atoms with van der Waals surface area (Å²) in [6.07, 6.45) is 0. The molecule has 0 unspecified atom stereocenters. The molecule has 2 heterocycles. The lowest BCUT2D eigenvalue weighted by Gasteiger charge is -2.28. The fourth-order valence-corrected chi connectivity index (χ4v) is 9.36. The van der Waals surface area contributed by atoms with E-state index >= 15 is 0 Å². The van der Waals surface area contributed by atoms with Crippen LogP contribution in [0, 0.1) is 0 Å². The second kappa shape index (κ2) is 11.5. The molecule has 0 spiro atoms. The molecule has 12 rings (SSSR count). The van der Waals surface area contributed by atoms with Gasteiger partial charge in [-0.3, -0.25) is 0 Å². The Labute approximate surface area is 323 Å². The molecule has 0 fully saturated rings. The average Bonchev–Trinajstić information content (AvgIpc) is 3.86. The number of furan rings is 2. The van der Waals surface area contributed by atoms with Crippen LogP contribution in [0.4, 0.5) is 17.1 Å². The molecule has 1 aliphatic rings. The average molecular weight is 718 g/mol. The summed E-state index contributed by atoms with van der Waals surface area (Å²) >= 11 is 0. The van der Waals surface area contributed by atoms with E-state index in [0.29, 0.717) is 0 Å². The number of rotatable bonds is 4. The third-order valence-electron chi connectivity index (χ3n) is 12.2. The summed E-state index contributed by atoms with van der Waals surface area (Å²) in [7, 11) is 0. The summed E-state index contributed by atoms with van der Waals surface area (Å²) < 4.78 is 13.2. The highest BCUT2D eigenvalue weighted by molar-refractivity contribution is 6.24. The van der Waals surface area contributed by atoms with Crippen LogP contribution in [0.2, 0.25) is 0 Å². The Bertz CT molecular complexity index is 3380. The van der Waals surface area contributed by atoms with Crippen LogP contribution < -0.4 is 4.90 Å². The molecule has 0 bridgehead atoms. The molecular weight excluding hydrogens is 683 g/mol. The summed E-state index contributed by atoms with van der Waals surface area (Å²) in [5.41, 5.74) is 14.4. The number of hydrogen-bond acceptors (Lipinski definition) is 3. The van der Waals surface area contributed by atoms with E-state index in [9.17, 15) is 0 Å². The number of nitrogens with zero attached hydrogens (tertiary/aromatic N) is 1. The Kier molecular flexibility index (Phi) is 6.40. The first kappa shape index (κ1) is 31.3. The Hall–Kier alpha value is -7.10. The van der Waals surface area contributed by atoms with Crippen molar-refractivity contribution in [2.24, 2.45) is 0 Å². The lowest BCUT2D eigenvalue weighted by Crippen LogP contribution is -2.16. The van der Waals surface area contributed by atoms with Gasteiger partial charge in [-0.05, 0) is 128 Å². The summed E-state index contributed by atoms with van der Waals surface area (Å²) in [6, 6.07) is 63.6. The van der Waals surface area contributed by atoms with Crippen molar-refractivity contribution < 1.29 is 8.83 Å². The molecular formula is C53H35NO2. The van der Waals surface area contributed by atoms with Gasteiger partial charge in [0.2, 0.25) is 0 Å². The minimum absolute atomic E-state index is 0.111. The SMILES string of the molecule is CC1(C)c2ccccc2-c2ccc(N(c3ccc(-c4ccccc4)cc3)c3ccc4cc5c(cc4c3)oc3c5ccc4oc5cc6ccccc6cc5c43)cc21. The summed E-state index contributed by atoms with van der Waals surface area (Å²) in [4.78, 5) is 2.39. The third-order valence-corrected chi connectivity index (χ3v) is 12.2. The maximum Gasteiger partial charge on any atom is 0.147 e. The van der Waals surface area contributed by atoms with E-state index in [-0.39, 0.29) is 5.41 Å². The molecule has 11 aromatic rings. The molecule has 1 aliphatic carbocycles. The maximum atomic E-state index is 6.81. The van der Waals surface area contributed by atoms with Gasteiger partial charge >= 0.3 is 0 Å². The van der Waals surface area contributed by atoms with Gasteiger partial charge in [-0.15, -0.1) is 0 Å². The van der Waals surface area contributed by atoms with Gasteiger partial charge in [0.05, 0.1) is 5.39 Å². The molecule has 0 atom stereocenters. The highest BCUT2D eigenvalue weighted by atomic mass is 16.3. The zero-order valence-electron chi connectivity index (χ0n) is 31.0. The zero-order valence-corrected chi connectivity index (χ0v) is 31.0. The Morgan fingerprint density at radius 3 is 1.88 bits per heavy atom. The third kappa shape index (κ3) is 4.52. The Morgan fingerprint density at radius 1 is 0.393 bits per heavy atom. The monoisotopic (exact) mass is 717 g/mol. The van der Waals surface area contributed by atoms with Gasteiger partial charge in [0.25, 0.3) is 0 Å². The van der Waals surface area contributed by atoms with E-state index in [1.165, 1.54) is 38.8 Å². The van der Waals surface area contributed by atoms with E-state index < -0.39 is 0 Å². The molecule has 0 aliphatic heterocycles. The molecule has 264 valence electrons. The minimum atomic E-state index is -0.111. The van der Waals surface area contributed by atoms with Crippen LogP contribution in [0.1, 0.15) is 25.0 Å². The van der Waals surface area contributed by atoms with E-state index in [4.69, 9.17) is 8.83 Å². The minimum Gasteiger partial charge on any atom is -0.456 e. The largest absolute Gasteiger partial charge is 0.456 e. The van der Waals surface area contributed by atoms with Gasteiger partial charge in [-0.2, -0.15) is 0 Å². The van der Waals surface area contributed by atoms with Crippen LogP contribution in [0.25, 0.3) is 87.7 Å². The number of fused-ring (bicyclic) bond motifs is 12. The molecule has 9 aromatic carbocycles. The molecule has 3 heteroatoms. The molecule has 0 N–H and O–H groups in total. The zero-order chi connectivity index (χ0) is 37.1. The maximum absolute atomic E-state index is 6.81. The molecule has 0 amide bonds. The van der Waals surface area contributed by atoms with E-state index in [2.05, 4.69) is 195 Å². The normalized spacial score (nSPS) is 13.3. The smallest absolute Gasteiger partial charge is 0.147 e. The highest BCUT2D eigenvalue weighted by Gasteiger charge is 2.35. The predicted molar refractivity (Wildman–Crippen MR) is 234 cm³/mol. The van der Waals surface area contributed by atoms with Crippen LogP contribution in [0.15, 0.2) is 185 Å². The molecule has 3 nitrogen and oxygen atoms in total. The van der Waals surface area contributed by atoms with Crippen molar-refractivity contribution in [3.05, 3.63) is 187 Å². The summed E-state index contributed by atoms with van der Waals surface area (Å²) in [6.45, 7) is 4.69. The second-order valence-electron chi connectivity index (χ2n) is 15.7. The van der Waals surface area contributed by atoms with Crippen molar-refractivity contribution in [3.63, 3.8) is 0 Å². The molecule has 0 radical (unpaired) electrons. The Morgan fingerprint density at radius 2 is 1.02 bits per heavy atom. The van der Waals surface area contributed by atoms with Gasteiger partial charge in [0.1, 0.15) is 22.3 Å². The highest BCUT2D eigenvalue weighted by Crippen LogP contribution is 2.51. The van der Waals surface area contributed by atoms with Crippen LogP contribution >= 0.6 is 0 Å². The fourth-order valence-electron chi connectivity index (χ4n) is 9.36. The summed E-state index contributed by atoms with van der Waals surface area (Å²) in [5, 5.41) is 8.93. The predicted octanol–water partition coefficient (Wildman–Crippen LogP) is 15.2. The topological polar surface area (TPSA) is 29.5 Å². The van der Waals surface area contributed by atoms with Gasteiger partial charge in [0.15, 0.2) is 0 Å². The lowest BCUT2D eigenvalue weighted by molar-refractivity contribution is 0.660. The van der Waals surface area contributed by atoms with Crippen LogP contribution in [-0.4, -0.2) is 0 Å². The van der Waals surface area contributed by atoms with Gasteiger partial charge in [-0.25, -0.2) is 0 Å². The molecule has 56 heavy (non-hydrogen) atoms. The molecule has 2 aromatic heterocycles. The first-order chi connectivity index (χ1) is 27.5. The number of hydrogen-bond donors (Lipinski definition) is 0. The number of benzene rings is 9. The van der Waals surface area contributed by atoms with E-state index in [0.717, 1.165) is 77.1 Å². The van der Waals surface area contributed by atoms with Crippen molar-refractivity contribution in [1.82, 2.24) is 0 Å². The second-order valence-corrected chi connectivity index (χ2v) is 15.7. The van der Waals surface area contributed by atoms with E-state index in [1.54, 1.807) is 0 Å². The fraction of sp³-hybridized carbons (Fsp3) is 0.0566. The lowest BCUT2D eigenvalue weighted by atomic mass is 9.82. The van der Waals surface area contributed by atoms with Crippen molar-refractivity contribution in [2.75, 3.05) is 4.90 Å². The van der Waals surface area contributed by atoms with Gasteiger partial charge < -0.3 is 13.7 Å². The van der Waals surface area contributed by atoms with Gasteiger partial charge in [0, 0.05) is 38.6 Å². The van der Waals surface area contributed by atoms with Crippen molar-refractivity contribution in [1.29, 1.82) is 0 Å². The summed E-state index contributed by atoms with van der Waals surface area (Å²) in [5.74, 6) is 0. The number of anilines is 3. The quantitative estimate of drug-likeness (QED) is 0.182. The van der Waals surface area contributed by atoms with Crippen molar-refractivity contribution in [3.8, 4) is 22.3 Å². The van der Waals surface area contributed by atoms with Crippen LogP contribution in [0.5, 0.6) is 0 Å². The molecule has 0 saturated heterocycles. The molecule has 0 saturated carbocycles. The van der Waals surface area contributed by atoms with Crippen molar-refractivity contribution >= 4 is 82.5 Å². The first-order valence-corrected chi connectivity index (χ1v) is 19.3. The first-order valence-electron chi connectivity index (χ1n) is 19.3. The van der Waals surface area contributed by atoms with Crippen LogP contribution in [0.3, 0.4) is 0 Å². The standard InChI is InChI=1S/C53H35NO2/c1-53(2)46-15-9-8-14-41(46)42-23-22-40(31-47(42)53)54(38-19-16-33(17-20-38)32-10-4-3-5-11-32)39-21-18-36-27-44-43-24-25-48-51(52(43)56-49(44)30-37(36)26-39)45-28-34-12-6-7-13-35(34)29-50(45)55-48/h3-31H,1-2H3. The van der Waals surface area contributed by atoms with Crippen molar-refractivity contribution in [2.45, 2.75) is 19.3 Å².